The predicted molar refractivity (Wildman–Crippen MR) is 133 cm³/mol. The summed E-state index contributed by atoms with van der Waals surface area (Å²) in [4.78, 5) is 8.67. The number of halogens is 1. The van der Waals surface area contributed by atoms with Crippen molar-refractivity contribution in [2.24, 2.45) is 0 Å². The van der Waals surface area contributed by atoms with Crippen molar-refractivity contribution in [3.63, 3.8) is 0 Å². The van der Waals surface area contributed by atoms with E-state index in [1.807, 2.05) is 67.1 Å². The SMILES string of the molecule is Cc1ncc(-c2nn(-c3ccccc3)c(NC3OC3NC3c4cc(Cl)ccc4CC3O)c2C)cn1. The summed E-state index contributed by atoms with van der Waals surface area (Å²) in [5.41, 5.74) is 5.67. The number of aliphatic hydroxyl groups excluding tert-OH is 1. The lowest BCUT2D eigenvalue weighted by atomic mass is 10.1. The van der Waals surface area contributed by atoms with E-state index in [4.69, 9.17) is 21.4 Å². The second-order valence-corrected chi connectivity index (χ2v) is 9.41. The molecule has 1 fully saturated rings. The number of benzene rings is 2. The van der Waals surface area contributed by atoms with Crippen LogP contribution in [0.25, 0.3) is 16.9 Å². The van der Waals surface area contributed by atoms with Crippen LogP contribution in [0.2, 0.25) is 5.02 Å². The van der Waals surface area contributed by atoms with Crippen molar-refractivity contribution < 1.29 is 9.84 Å². The molecule has 1 aliphatic carbocycles. The minimum atomic E-state index is -0.530. The molecule has 1 aliphatic heterocycles. The van der Waals surface area contributed by atoms with Crippen LogP contribution in [0.5, 0.6) is 0 Å². The van der Waals surface area contributed by atoms with E-state index < -0.39 is 6.10 Å². The molecule has 4 atom stereocenters. The van der Waals surface area contributed by atoms with E-state index in [0.29, 0.717) is 17.3 Å². The van der Waals surface area contributed by atoms with Gasteiger partial charge in [0.15, 0.2) is 12.5 Å². The van der Waals surface area contributed by atoms with Gasteiger partial charge >= 0.3 is 0 Å². The molecule has 2 aliphatic rings. The van der Waals surface area contributed by atoms with E-state index in [0.717, 1.165) is 39.5 Å². The second-order valence-electron chi connectivity index (χ2n) is 8.97. The molecular weight excluding hydrogens is 464 g/mol. The average Bonchev–Trinajstić information content (AvgIpc) is 3.42. The Labute approximate surface area is 208 Å². The highest BCUT2D eigenvalue weighted by atomic mass is 35.5. The van der Waals surface area contributed by atoms with Gasteiger partial charge in [0.25, 0.3) is 0 Å². The molecule has 0 spiro atoms. The molecule has 8 nitrogen and oxygen atoms in total. The zero-order valence-electron chi connectivity index (χ0n) is 19.3. The normalized spacial score (nSPS) is 22.7. The molecule has 0 saturated carbocycles. The van der Waals surface area contributed by atoms with Crippen LogP contribution in [0.3, 0.4) is 0 Å². The van der Waals surface area contributed by atoms with Crippen molar-refractivity contribution in [2.75, 3.05) is 5.32 Å². The predicted octanol–water partition coefficient (Wildman–Crippen LogP) is 3.94. The van der Waals surface area contributed by atoms with Crippen LogP contribution in [-0.4, -0.2) is 43.4 Å². The molecule has 0 bridgehead atoms. The summed E-state index contributed by atoms with van der Waals surface area (Å²) < 4.78 is 7.80. The Balaban J connectivity index is 1.26. The number of nitrogens with zero attached hydrogens (tertiary/aromatic N) is 4. The molecule has 178 valence electrons. The van der Waals surface area contributed by atoms with Gasteiger partial charge in [-0.3, -0.25) is 5.32 Å². The molecule has 4 unspecified atom stereocenters. The summed E-state index contributed by atoms with van der Waals surface area (Å²) >= 11 is 6.21. The van der Waals surface area contributed by atoms with Crippen molar-refractivity contribution >= 4 is 17.4 Å². The van der Waals surface area contributed by atoms with Gasteiger partial charge in [0.05, 0.1) is 17.8 Å². The highest BCUT2D eigenvalue weighted by Crippen LogP contribution is 2.37. The Morgan fingerprint density at radius 2 is 1.83 bits per heavy atom. The van der Waals surface area contributed by atoms with Gasteiger partial charge in [0.2, 0.25) is 0 Å². The van der Waals surface area contributed by atoms with Crippen LogP contribution in [-0.2, 0) is 11.2 Å². The first-order chi connectivity index (χ1) is 17.0. The highest BCUT2D eigenvalue weighted by molar-refractivity contribution is 6.30. The maximum atomic E-state index is 10.6. The molecule has 2 aromatic carbocycles. The van der Waals surface area contributed by atoms with Crippen LogP contribution < -0.4 is 10.6 Å². The lowest BCUT2D eigenvalue weighted by Crippen LogP contribution is -2.33. The lowest BCUT2D eigenvalue weighted by Gasteiger charge is -2.17. The molecule has 2 aromatic heterocycles. The Kier molecular flexibility index (Phi) is 5.53. The average molecular weight is 489 g/mol. The number of fused-ring (bicyclic) bond motifs is 1. The van der Waals surface area contributed by atoms with Gasteiger partial charge in [-0.15, -0.1) is 0 Å². The number of rotatable bonds is 6. The summed E-state index contributed by atoms with van der Waals surface area (Å²) in [6.45, 7) is 3.88. The summed E-state index contributed by atoms with van der Waals surface area (Å²) in [6.07, 6.45) is 3.11. The van der Waals surface area contributed by atoms with Crippen molar-refractivity contribution in [2.45, 2.75) is 44.9 Å². The number of epoxide rings is 1. The number of aliphatic hydroxyl groups is 1. The van der Waals surface area contributed by atoms with E-state index in [1.165, 1.54) is 0 Å². The smallest absolute Gasteiger partial charge is 0.171 e. The lowest BCUT2D eigenvalue weighted by molar-refractivity contribution is 0.133. The quantitative estimate of drug-likeness (QED) is 0.353. The van der Waals surface area contributed by atoms with E-state index in [-0.39, 0.29) is 18.5 Å². The molecule has 4 aromatic rings. The number of hydrogen-bond donors (Lipinski definition) is 3. The van der Waals surface area contributed by atoms with Gasteiger partial charge in [-0.1, -0.05) is 35.9 Å². The monoisotopic (exact) mass is 488 g/mol. The van der Waals surface area contributed by atoms with E-state index in [1.54, 1.807) is 12.4 Å². The number of anilines is 1. The standard InChI is InChI=1S/C26H25ClN6O2/c1-14-22(17-12-28-15(2)29-13-17)32-33(19-6-4-3-5-7-19)24(14)31-26-25(35-26)30-23-20-11-18(27)9-8-16(20)10-21(23)34/h3-9,11-13,21,23,25-26,30-31,34H,10H2,1-2H3. The van der Waals surface area contributed by atoms with E-state index in [9.17, 15) is 5.11 Å². The molecule has 6 rings (SSSR count). The maximum Gasteiger partial charge on any atom is 0.171 e. The Morgan fingerprint density at radius 3 is 2.60 bits per heavy atom. The second kappa shape index (κ2) is 8.73. The Morgan fingerprint density at radius 1 is 1.06 bits per heavy atom. The number of aryl methyl sites for hydroxylation is 1. The molecule has 0 radical (unpaired) electrons. The van der Waals surface area contributed by atoms with Crippen molar-refractivity contribution in [1.29, 1.82) is 0 Å². The molecule has 35 heavy (non-hydrogen) atoms. The fourth-order valence-electron chi connectivity index (χ4n) is 4.66. The van der Waals surface area contributed by atoms with Crippen LogP contribution in [0.1, 0.15) is 28.6 Å². The number of ether oxygens (including phenoxy) is 1. The molecule has 0 amide bonds. The maximum absolute atomic E-state index is 10.6. The van der Waals surface area contributed by atoms with Gasteiger partial charge in [0, 0.05) is 35.0 Å². The van der Waals surface area contributed by atoms with Crippen LogP contribution in [0.4, 0.5) is 5.82 Å². The Bertz CT molecular complexity index is 1370. The van der Waals surface area contributed by atoms with Gasteiger partial charge < -0.3 is 15.2 Å². The summed E-state index contributed by atoms with van der Waals surface area (Å²) in [5.74, 6) is 1.54. The zero-order chi connectivity index (χ0) is 24.1. The first-order valence-electron chi connectivity index (χ1n) is 11.6. The zero-order valence-corrected chi connectivity index (χ0v) is 20.1. The largest absolute Gasteiger partial charge is 0.391 e. The van der Waals surface area contributed by atoms with Crippen LogP contribution >= 0.6 is 11.6 Å². The fourth-order valence-corrected chi connectivity index (χ4v) is 4.84. The van der Waals surface area contributed by atoms with Gasteiger partial charge in [0.1, 0.15) is 17.3 Å². The molecule has 9 heteroatoms. The van der Waals surface area contributed by atoms with Crippen LogP contribution in [0, 0.1) is 13.8 Å². The van der Waals surface area contributed by atoms with Crippen molar-refractivity contribution in [3.8, 4) is 16.9 Å². The van der Waals surface area contributed by atoms with Crippen molar-refractivity contribution in [1.82, 2.24) is 25.1 Å². The number of hydrogen-bond acceptors (Lipinski definition) is 7. The molecule has 1 saturated heterocycles. The third-order valence-electron chi connectivity index (χ3n) is 6.55. The highest BCUT2D eigenvalue weighted by Gasteiger charge is 2.44. The first-order valence-corrected chi connectivity index (χ1v) is 11.9. The minimum absolute atomic E-state index is 0.235. The fraction of sp³-hybridized carbons (Fsp3) is 0.269. The Hall–Kier alpha value is -3.30. The van der Waals surface area contributed by atoms with Crippen LogP contribution in [0.15, 0.2) is 60.9 Å². The third kappa shape index (κ3) is 4.19. The summed E-state index contributed by atoms with van der Waals surface area (Å²) in [5, 5.41) is 23.1. The first kappa shape index (κ1) is 22.2. The molecule has 3 N–H and O–H groups in total. The third-order valence-corrected chi connectivity index (χ3v) is 6.78. The number of nitrogens with one attached hydrogen (secondary N) is 2. The van der Waals surface area contributed by atoms with Gasteiger partial charge in [-0.05, 0) is 49.2 Å². The summed E-state index contributed by atoms with van der Waals surface area (Å²) in [6, 6.07) is 15.5. The van der Waals surface area contributed by atoms with E-state index in [2.05, 4.69) is 20.6 Å². The molecular formula is C26H25ClN6O2. The number of para-hydroxylation sites is 1. The molecule has 3 heterocycles. The van der Waals surface area contributed by atoms with Gasteiger partial charge in [-0.2, -0.15) is 5.10 Å². The minimum Gasteiger partial charge on any atom is -0.391 e. The van der Waals surface area contributed by atoms with Gasteiger partial charge in [-0.25, -0.2) is 14.6 Å². The van der Waals surface area contributed by atoms with E-state index >= 15 is 0 Å². The topological polar surface area (TPSA) is 100 Å². The number of aromatic nitrogens is 4. The summed E-state index contributed by atoms with van der Waals surface area (Å²) in [7, 11) is 0. The van der Waals surface area contributed by atoms with Crippen molar-refractivity contribution in [3.05, 3.63) is 88.5 Å².